The molecule has 0 spiro atoms. The van der Waals surface area contributed by atoms with Gasteiger partial charge in [-0.15, -0.1) is 0 Å². The second-order valence-corrected chi connectivity index (χ2v) is 10.7. The summed E-state index contributed by atoms with van der Waals surface area (Å²) in [5, 5.41) is 2.65. The lowest BCUT2D eigenvalue weighted by Crippen LogP contribution is -2.49. The minimum absolute atomic E-state index is 0.0377. The molecular formula is C25H25N3O4S. The molecule has 33 heavy (non-hydrogen) atoms. The Morgan fingerprint density at radius 1 is 0.939 bits per heavy atom. The Labute approximate surface area is 192 Å². The van der Waals surface area contributed by atoms with Crippen molar-refractivity contribution in [2.75, 3.05) is 18.4 Å². The van der Waals surface area contributed by atoms with Crippen molar-refractivity contribution in [3.05, 3.63) is 82.8 Å². The van der Waals surface area contributed by atoms with E-state index in [2.05, 4.69) is 5.32 Å². The van der Waals surface area contributed by atoms with Gasteiger partial charge in [-0.3, -0.25) is 9.59 Å². The van der Waals surface area contributed by atoms with Crippen LogP contribution >= 0.6 is 0 Å². The Bertz CT molecular complexity index is 1370. The Balaban J connectivity index is 1.49. The molecule has 5 rings (SSSR count). The zero-order valence-electron chi connectivity index (χ0n) is 18.3. The van der Waals surface area contributed by atoms with Gasteiger partial charge in [0.2, 0.25) is 15.9 Å². The van der Waals surface area contributed by atoms with Gasteiger partial charge in [-0.1, -0.05) is 30.3 Å². The lowest BCUT2D eigenvalue weighted by molar-refractivity contribution is -0.114. The molecule has 2 aromatic carbocycles. The van der Waals surface area contributed by atoms with Gasteiger partial charge in [0.1, 0.15) is 0 Å². The Morgan fingerprint density at radius 3 is 2.36 bits per heavy atom. The highest BCUT2D eigenvalue weighted by molar-refractivity contribution is 7.89. The fourth-order valence-corrected chi connectivity index (χ4v) is 6.65. The smallest absolute Gasteiger partial charge is 0.250 e. The molecule has 0 aliphatic carbocycles. The highest BCUT2D eigenvalue weighted by Crippen LogP contribution is 2.41. The SMILES string of the molecule is CC(=O)Nc1ccc(S(=O)(=O)N2CC3CC(C2)c2c(-c4ccccc4)ccc(=O)n2C3)cc1. The molecule has 1 saturated heterocycles. The number of benzene rings is 2. The van der Waals surface area contributed by atoms with E-state index >= 15 is 0 Å². The second-order valence-electron chi connectivity index (χ2n) is 8.77. The van der Waals surface area contributed by atoms with Crippen molar-refractivity contribution < 1.29 is 13.2 Å². The van der Waals surface area contributed by atoms with Crippen LogP contribution in [-0.2, 0) is 21.4 Å². The number of carbonyl (C=O) groups excluding carboxylic acids is 1. The van der Waals surface area contributed by atoms with E-state index in [-0.39, 0.29) is 28.2 Å². The lowest BCUT2D eigenvalue weighted by atomic mass is 9.81. The average molecular weight is 464 g/mol. The number of aromatic nitrogens is 1. The number of fused-ring (bicyclic) bond motifs is 4. The van der Waals surface area contributed by atoms with E-state index < -0.39 is 10.0 Å². The van der Waals surface area contributed by atoms with Gasteiger partial charge in [-0.05, 0) is 48.2 Å². The Kier molecular flexibility index (Phi) is 5.42. The normalized spacial score (nSPS) is 20.2. The van der Waals surface area contributed by atoms with Gasteiger partial charge in [-0.2, -0.15) is 4.31 Å². The topological polar surface area (TPSA) is 88.5 Å². The van der Waals surface area contributed by atoms with Gasteiger partial charge >= 0.3 is 0 Å². The number of amides is 1. The van der Waals surface area contributed by atoms with Gasteiger partial charge in [0.15, 0.2) is 0 Å². The number of hydrogen-bond acceptors (Lipinski definition) is 4. The Morgan fingerprint density at radius 2 is 1.67 bits per heavy atom. The molecule has 1 N–H and O–H groups in total. The fourth-order valence-electron chi connectivity index (χ4n) is 5.09. The highest BCUT2D eigenvalue weighted by Gasteiger charge is 2.40. The number of nitrogens with zero attached hydrogens (tertiary/aromatic N) is 2. The molecule has 0 radical (unpaired) electrons. The molecule has 8 heteroatoms. The zero-order valence-corrected chi connectivity index (χ0v) is 19.1. The van der Waals surface area contributed by atoms with E-state index in [0.717, 1.165) is 23.2 Å². The quantitative estimate of drug-likeness (QED) is 0.643. The highest BCUT2D eigenvalue weighted by atomic mass is 32.2. The van der Waals surface area contributed by atoms with Gasteiger partial charge in [0, 0.05) is 55.5 Å². The van der Waals surface area contributed by atoms with Crippen LogP contribution in [-0.4, -0.2) is 36.3 Å². The minimum Gasteiger partial charge on any atom is -0.326 e. The number of nitrogens with one attached hydrogen (secondary N) is 1. The van der Waals surface area contributed by atoms with Crippen molar-refractivity contribution >= 4 is 21.6 Å². The van der Waals surface area contributed by atoms with Crippen molar-refractivity contribution in [1.29, 1.82) is 0 Å². The van der Waals surface area contributed by atoms with Gasteiger partial charge in [-0.25, -0.2) is 8.42 Å². The summed E-state index contributed by atoms with van der Waals surface area (Å²) in [5.41, 5.74) is 3.44. The number of anilines is 1. The molecule has 1 aromatic heterocycles. The molecule has 2 atom stereocenters. The maximum absolute atomic E-state index is 13.5. The number of piperidine rings is 1. The molecular weight excluding hydrogens is 438 g/mol. The van der Waals surface area contributed by atoms with Crippen LogP contribution in [0.25, 0.3) is 11.1 Å². The minimum atomic E-state index is -3.71. The predicted molar refractivity (Wildman–Crippen MR) is 126 cm³/mol. The van der Waals surface area contributed by atoms with Gasteiger partial charge < -0.3 is 9.88 Å². The Hall–Kier alpha value is -3.23. The van der Waals surface area contributed by atoms with Gasteiger partial charge in [0.25, 0.3) is 5.56 Å². The predicted octanol–water partition coefficient (Wildman–Crippen LogP) is 3.28. The van der Waals surface area contributed by atoms with E-state index in [1.54, 1.807) is 22.5 Å². The summed E-state index contributed by atoms with van der Waals surface area (Å²) >= 11 is 0. The lowest BCUT2D eigenvalue weighted by Gasteiger charge is -2.42. The molecule has 3 aromatic rings. The summed E-state index contributed by atoms with van der Waals surface area (Å²) in [6.45, 7) is 2.63. The van der Waals surface area contributed by atoms with Crippen LogP contribution in [0.15, 0.2) is 76.4 Å². The first-order valence-electron chi connectivity index (χ1n) is 11.0. The molecule has 2 bridgehead atoms. The van der Waals surface area contributed by atoms with Crippen LogP contribution in [0.3, 0.4) is 0 Å². The summed E-state index contributed by atoms with van der Waals surface area (Å²) in [4.78, 5) is 24.1. The van der Waals surface area contributed by atoms with Crippen molar-refractivity contribution in [3.8, 4) is 11.1 Å². The van der Waals surface area contributed by atoms with Crippen LogP contribution < -0.4 is 10.9 Å². The first kappa shape index (κ1) is 21.6. The number of pyridine rings is 1. The van der Waals surface area contributed by atoms with Crippen LogP contribution in [0.1, 0.15) is 25.0 Å². The van der Waals surface area contributed by atoms with Crippen molar-refractivity contribution in [1.82, 2.24) is 8.87 Å². The standard InChI is InChI=1S/C25H25N3O4S/c1-17(29)26-21-7-9-22(10-8-21)33(31,32)27-14-18-13-20(16-27)25-23(19-5-3-2-4-6-19)11-12-24(30)28(25)15-18/h2-12,18,20H,13-16H2,1H3,(H,26,29). The third-order valence-electron chi connectivity index (χ3n) is 6.45. The molecule has 1 fully saturated rings. The molecule has 2 aliphatic rings. The number of hydrogen-bond donors (Lipinski definition) is 1. The van der Waals surface area contributed by atoms with Crippen LogP contribution in [0.2, 0.25) is 0 Å². The number of rotatable bonds is 4. The third-order valence-corrected chi connectivity index (χ3v) is 8.30. The molecule has 1 amide bonds. The first-order valence-corrected chi connectivity index (χ1v) is 12.4. The largest absolute Gasteiger partial charge is 0.326 e. The van der Waals surface area contributed by atoms with Crippen molar-refractivity contribution in [3.63, 3.8) is 0 Å². The first-order chi connectivity index (χ1) is 15.8. The van der Waals surface area contributed by atoms with Crippen LogP contribution in [0.5, 0.6) is 0 Å². The van der Waals surface area contributed by atoms with E-state index in [4.69, 9.17) is 0 Å². The summed E-state index contributed by atoms with van der Waals surface area (Å²) in [5.74, 6) is -0.193. The summed E-state index contributed by atoms with van der Waals surface area (Å²) in [6, 6.07) is 19.6. The maximum Gasteiger partial charge on any atom is 0.250 e. The summed E-state index contributed by atoms with van der Waals surface area (Å²) in [6.07, 6.45) is 0.858. The zero-order chi connectivity index (χ0) is 23.2. The van der Waals surface area contributed by atoms with E-state index in [9.17, 15) is 18.0 Å². The number of sulfonamides is 1. The van der Waals surface area contributed by atoms with E-state index in [1.807, 2.05) is 41.0 Å². The molecule has 0 saturated carbocycles. The third kappa shape index (κ3) is 4.00. The number of carbonyl (C=O) groups is 1. The molecule has 2 aliphatic heterocycles. The van der Waals surface area contributed by atoms with Crippen LogP contribution in [0.4, 0.5) is 5.69 Å². The molecule has 170 valence electrons. The van der Waals surface area contributed by atoms with Gasteiger partial charge in [0.05, 0.1) is 4.90 Å². The monoisotopic (exact) mass is 463 g/mol. The second kappa shape index (κ2) is 8.28. The molecule has 2 unspecified atom stereocenters. The molecule has 7 nitrogen and oxygen atoms in total. The van der Waals surface area contributed by atoms with E-state index in [0.29, 0.717) is 25.3 Å². The summed E-state index contributed by atoms with van der Waals surface area (Å²) in [7, 11) is -3.71. The molecule has 3 heterocycles. The average Bonchev–Trinajstić information content (AvgIpc) is 2.80. The maximum atomic E-state index is 13.5. The summed E-state index contributed by atoms with van der Waals surface area (Å²) < 4.78 is 30.3. The van der Waals surface area contributed by atoms with Crippen molar-refractivity contribution in [2.45, 2.75) is 30.7 Å². The fraction of sp³-hybridized carbons (Fsp3) is 0.280. The van der Waals surface area contributed by atoms with E-state index in [1.165, 1.54) is 19.1 Å². The van der Waals surface area contributed by atoms with Crippen LogP contribution in [0, 0.1) is 5.92 Å². The van der Waals surface area contributed by atoms with Crippen molar-refractivity contribution in [2.24, 2.45) is 5.92 Å².